The average Bonchev–Trinajstić information content (AvgIpc) is 3.53. The van der Waals surface area contributed by atoms with Crippen LogP contribution in [0.3, 0.4) is 0 Å². The Balaban J connectivity index is 1.48. The van der Waals surface area contributed by atoms with Gasteiger partial charge in [-0.25, -0.2) is 9.50 Å². The minimum atomic E-state index is -0.797. The third kappa shape index (κ3) is 4.18. The van der Waals surface area contributed by atoms with Crippen LogP contribution in [-0.4, -0.2) is 31.5 Å². The highest BCUT2D eigenvalue weighted by molar-refractivity contribution is 7.12. The minimum Gasteiger partial charge on any atom is -0.481 e. The van der Waals surface area contributed by atoms with Crippen LogP contribution < -0.4 is 0 Å². The molecule has 0 fully saturated rings. The van der Waals surface area contributed by atoms with Crippen molar-refractivity contribution in [2.24, 2.45) is 0 Å². The molecule has 1 N–H and O–H groups in total. The van der Waals surface area contributed by atoms with E-state index in [1.807, 2.05) is 60.0 Å². The van der Waals surface area contributed by atoms with Crippen molar-refractivity contribution in [1.82, 2.24) is 14.6 Å². The molecule has 0 aliphatic carbocycles. The molecular formula is C26H19N3O3S. The first-order chi connectivity index (χ1) is 16.1. The lowest BCUT2D eigenvalue weighted by atomic mass is 9.99. The van der Waals surface area contributed by atoms with Gasteiger partial charge < -0.3 is 5.11 Å². The standard InChI is InChI=1S/C26H19N3O3S/c30-24(31)11-8-17-6-9-18(10-7-17)19-3-1-4-20(15-19)22-12-13-27-26-21(16-28-29(22)26)25(32)23-5-2-14-33-23/h1-7,9-10,12-16H,8,11H2,(H,30,31). The summed E-state index contributed by atoms with van der Waals surface area (Å²) in [6, 6.07) is 21.6. The molecule has 33 heavy (non-hydrogen) atoms. The van der Waals surface area contributed by atoms with Gasteiger partial charge in [-0.1, -0.05) is 48.5 Å². The number of fused-ring (bicyclic) bond motifs is 1. The number of carbonyl (C=O) groups excluding carboxylic acids is 1. The highest BCUT2D eigenvalue weighted by atomic mass is 32.1. The van der Waals surface area contributed by atoms with Gasteiger partial charge in [0.25, 0.3) is 0 Å². The van der Waals surface area contributed by atoms with E-state index < -0.39 is 5.97 Å². The Morgan fingerprint density at radius 3 is 2.52 bits per heavy atom. The second-order valence-electron chi connectivity index (χ2n) is 7.60. The van der Waals surface area contributed by atoms with Crippen LogP contribution in [0, 0.1) is 0 Å². The zero-order valence-electron chi connectivity index (χ0n) is 17.5. The van der Waals surface area contributed by atoms with Gasteiger partial charge in [0, 0.05) is 18.2 Å². The molecule has 5 rings (SSSR count). The first-order valence-electron chi connectivity index (χ1n) is 10.4. The van der Waals surface area contributed by atoms with Crippen molar-refractivity contribution < 1.29 is 14.7 Å². The molecule has 3 aromatic heterocycles. The second kappa shape index (κ2) is 8.80. The number of carboxylic acids is 1. The Labute approximate surface area is 193 Å². The Kier molecular flexibility index (Phi) is 5.54. The highest BCUT2D eigenvalue weighted by Crippen LogP contribution is 2.28. The van der Waals surface area contributed by atoms with Gasteiger partial charge in [0.15, 0.2) is 5.65 Å². The van der Waals surface area contributed by atoms with E-state index in [9.17, 15) is 9.59 Å². The number of aryl methyl sites for hydroxylation is 1. The molecule has 0 spiro atoms. The molecule has 0 radical (unpaired) electrons. The molecular weight excluding hydrogens is 434 g/mol. The van der Waals surface area contributed by atoms with E-state index in [1.54, 1.807) is 23.0 Å². The van der Waals surface area contributed by atoms with Crippen LogP contribution in [0.15, 0.2) is 84.5 Å². The van der Waals surface area contributed by atoms with Crippen LogP contribution in [0.25, 0.3) is 28.0 Å². The molecule has 0 aliphatic heterocycles. The smallest absolute Gasteiger partial charge is 0.303 e. The van der Waals surface area contributed by atoms with Gasteiger partial charge in [0.2, 0.25) is 5.78 Å². The maximum absolute atomic E-state index is 12.9. The number of hydrogen-bond donors (Lipinski definition) is 1. The number of carbonyl (C=O) groups is 2. The van der Waals surface area contributed by atoms with E-state index in [2.05, 4.69) is 16.1 Å². The van der Waals surface area contributed by atoms with Crippen molar-refractivity contribution in [3.05, 3.63) is 101 Å². The first-order valence-corrected chi connectivity index (χ1v) is 11.3. The predicted molar refractivity (Wildman–Crippen MR) is 128 cm³/mol. The van der Waals surface area contributed by atoms with Gasteiger partial charge in [0.1, 0.15) is 0 Å². The van der Waals surface area contributed by atoms with E-state index in [1.165, 1.54) is 11.3 Å². The number of aliphatic carboxylic acids is 1. The zero-order chi connectivity index (χ0) is 22.8. The van der Waals surface area contributed by atoms with Crippen LogP contribution in [0.5, 0.6) is 0 Å². The van der Waals surface area contributed by atoms with Crippen LogP contribution in [0.4, 0.5) is 0 Å². The Hall–Kier alpha value is -4.10. The van der Waals surface area contributed by atoms with E-state index in [0.717, 1.165) is 27.9 Å². The molecule has 0 bridgehead atoms. The Bertz CT molecular complexity index is 1450. The van der Waals surface area contributed by atoms with E-state index >= 15 is 0 Å². The summed E-state index contributed by atoms with van der Waals surface area (Å²) in [5, 5.41) is 15.2. The fourth-order valence-electron chi connectivity index (χ4n) is 3.78. The molecule has 7 heteroatoms. The van der Waals surface area contributed by atoms with Gasteiger partial charge in [-0.2, -0.15) is 5.10 Å². The summed E-state index contributed by atoms with van der Waals surface area (Å²) < 4.78 is 1.70. The SMILES string of the molecule is O=C(O)CCc1ccc(-c2cccc(-c3ccnc4c(C(=O)c5cccs5)cnn34)c2)cc1. The topological polar surface area (TPSA) is 84.6 Å². The summed E-state index contributed by atoms with van der Waals surface area (Å²) in [6.45, 7) is 0. The number of benzene rings is 2. The molecule has 6 nitrogen and oxygen atoms in total. The zero-order valence-corrected chi connectivity index (χ0v) is 18.3. The molecule has 0 saturated carbocycles. The third-order valence-corrected chi connectivity index (χ3v) is 6.33. The van der Waals surface area contributed by atoms with E-state index in [0.29, 0.717) is 22.5 Å². The minimum absolute atomic E-state index is 0.0820. The van der Waals surface area contributed by atoms with Crippen molar-refractivity contribution in [2.45, 2.75) is 12.8 Å². The number of carboxylic acid groups (broad SMARTS) is 1. The van der Waals surface area contributed by atoms with Crippen molar-refractivity contribution in [3.63, 3.8) is 0 Å². The lowest BCUT2D eigenvalue weighted by Gasteiger charge is -2.09. The largest absolute Gasteiger partial charge is 0.481 e. The molecule has 0 amide bonds. The van der Waals surface area contributed by atoms with Gasteiger partial charge >= 0.3 is 5.97 Å². The van der Waals surface area contributed by atoms with Crippen molar-refractivity contribution in [3.8, 4) is 22.4 Å². The molecule has 5 aromatic rings. The third-order valence-electron chi connectivity index (χ3n) is 5.46. The Morgan fingerprint density at radius 2 is 1.76 bits per heavy atom. The van der Waals surface area contributed by atoms with E-state index in [4.69, 9.17) is 5.11 Å². The summed E-state index contributed by atoms with van der Waals surface area (Å²) in [6.07, 6.45) is 3.90. The number of rotatable bonds is 7. The van der Waals surface area contributed by atoms with Gasteiger partial charge in [-0.3, -0.25) is 9.59 Å². The summed E-state index contributed by atoms with van der Waals surface area (Å²) >= 11 is 1.40. The van der Waals surface area contributed by atoms with Crippen molar-refractivity contribution >= 4 is 28.7 Å². The number of aromatic nitrogens is 3. The predicted octanol–water partition coefficient (Wildman–Crippen LogP) is 5.37. The summed E-state index contributed by atoms with van der Waals surface area (Å²) in [5.74, 6) is -0.879. The number of nitrogens with zero attached hydrogens (tertiary/aromatic N) is 3. The fraction of sp³-hybridized carbons (Fsp3) is 0.0769. The van der Waals surface area contributed by atoms with Crippen molar-refractivity contribution in [1.29, 1.82) is 0 Å². The molecule has 0 atom stereocenters. The van der Waals surface area contributed by atoms with Crippen molar-refractivity contribution in [2.75, 3.05) is 0 Å². The van der Waals surface area contributed by atoms with Crippen LogP contribution in [0.2, 0.25) is 0 Å². The summed E-state index contributed by atoms with van der Waals surface area (Å²) in [4.78, 5) is 28.7. The van der Waals surface area contributed by atoms with Gasteiger partial charge in [-0.15, -0.1) is 11.3 Å². The second-order valence-corrected chi connectivity index (χ2v) is 8.55. The quantitative estimate of drug-likeness (QED) is 0.335. The summed E-state index contributed by atoms with van der Waals surface area (Å²) in [5.41, 5.74) is 5.86. The number of thiophene rings is 1. The molecule has 0 aliphatic rings. The average molecular weight is 454 g/mol. The lowest BCUT2D eigenvalue weighted by molar-refractivity contribution is -0.136. The normalized spacial score (nSPS) is 11.0. The fourth-order valence-corrected chi connectivity index (χ4v) is 4.46. The molecule has 3 heterocycles. The molecule has 0 unspecified atom stereocenters. The van der Waals surface area contributed by atoms with Gasteiger partial charge in [0.05, 0.1) is 22.3 Å². The highest BCUT2D eigenvalue weighted by Gasteiger charge is 2.18. The number of hydrogen-bond acceptors (Lipinski definition) is 5. The molecule has 2 aromatic carbocycles. The number of ketones is 1. The van der Waals surface area contributed by atoms with Crippen LogP contribution in [-0.2, 0) is 11.2 Å². The van der Waals surface area contributed by atoms with Crippen LogP contribution >= 0.6 is 11.3 Å². The van der Waals surface area contributed by atoms with Crippen LogP contribution in [0.1, 0.15) is 27.2 Å². The monoisotopic (exact) mass is 453 g/mol. The Morgan fingerprint density at radius 1 is 0.939 bits per heavy atom. The van der Waals surface area contributed by atoms with Gasteiger partial charge in [-0.05, 0) is 46.7 Å². The maximum atomic E-state index is 12.9. The summed E-state index contributed by atoms with van der Waals surface area (Å²) in [7, 11) is 0. The first kappa shape index (κ1) is 20.8. The molecule has 162 valence electrons. The molecule has 0 saturated heterocycles. The lowest BCUT2D eigenvalue weighted by Crippen LogP contribution is -2.01. The maximum Gasteiger partial charge on any atom is 0.303 e. The van der Waals surface area contributed by atoms with E-state index in [-0.39, 0.29) is 12.2 Å².